The minimum absolute atomic E-state index is 0.0904. The molecule has 20 heavy (non-hydrogen) atoms. The van der Waals surface area contributed by atoms with Gasteiger partial charge in [-0.25, -0.2) is 0 Å². The maximum Gasteiger partial charge on any atom is 0.161 e. The van der Waals surface area contributed by atoms with E-state index in [9.17, 15) is 0 Å². The van der Waals surface area contributed by atoms with E-state index in [0.29, 0.717) is 13.2 Å². The number of ether oxygens (including phenoxy) is 2. The molecule has 1 aliphatic heterocycles. The Morgan fingerprint density at radius 2 is 1.90 bits per heavy atom. The summed E-state index contributed by atoms with van der Waals surface area (Å²) in [4.78, 5) is 0. The fourth-order valence-electron chi connectivity index (χ4n) is 2.77. The van der Waals surface area contributed by atoms with Crippen LogP contribution in [0.15, 0.2) is 18.2 Å². The maximum absolute atomic E-state index is 6.38. The quantitative estimate of drug-likeness (QED) is 0.817. The van der Waals surface area contributed by atoms with Crippen molar-refractivity contribution in [3.8, 4) is 11.5 Å². The molecule has 2 rings (SSSR count). The van der Waals surface area contributed by atoms with Crippen LogP contribution in [0.25, 0.3) is 0 Å². The van der Waals surface area contributed by atoms with Crippen LogP contribution in [-0.2, 0) is 0 Å². The van der Waals surface area contributed by atoms with Crippen LogP contribution in [0.3, 0.4) is 0 Å². The third-order valence-electron chi connectivity index (χ3n) is 4.12. The molecule has 0 aromatic heterocycles. The van der Waals surface area contributed by atoms with Crippen molar-refractivity contribution in [2.24, 2.45) is 11.7 Å². The highest BCUT2D eigenvalue weighted by Crippen LogP contribution is 2.34. The van der Waals surface area contributed by atoms with Crippen molar-refractivity contribution >= 4 is 0 Å². The van der Waals surface area contributed by atoms with Gasteiger partial charge in [-0.05, 0) is 30.0 Å². The van der Waals surface area contributed by atoms with Gasteiger partial charge in [0.05, 0.1) is 0 Å². The minimum atomic E-state index is 0.0904. The molecule has 0 fully saturated rings. The number of fused-ring (bicyclic) bond motifs is 1. The average Bonchev–Trinajstić information content (AvgIpc) is 2.50. The van der Waals surface area contributed by atoms with Crippen molar-refractivity contribution in [3.05, 3.63) is 23.8 Å². The second kappa shape index (κ2) is 7.53. The fourth-order valence-corrected chi connectivity index (χ4v) is 2.77. The van der Waals surface area contributed by atoms with Gasteiger partial charge in [0.15, 0.2) is 11.5 Å². The number of rotatable bonds is 7. The Hall–Kier alpha value is -1.22. The van der Waals surface area contributed by atoms with Gasteiger partial charge >= 0.3 is 0 Å². The molecule has 0 bridgehead atoms. The summed E-state index contributed by atoms with van der Waals surface area (Å²) >= 11 is 0. The Kier molecular flexibility index (Phi) is 5.72. The fraction of sp³-hybridized carbons (Fsp3) is 0.647. The van der Waals surface area contributed by atoms with Crippen LogP contribution >= 0.6 is 0 Å². The van der Waals surface area contributed by atoms with Gasteiger partial charge in [-0.15, -0.1) is 0 Å². The monoisotopic (exact) mass is 277 g/mol. The molecule has 0 aliphatic carbocycles. The number of nitrogens with two attached hydrogens (primary N) is 1. The molecule has 3 heteroatoms. The molecule has 112 valence electrons. The molecular formula is C17H27NO2. The van der Waals surface area contributed by atoms with E-state index >= 15 is 0 Å². The molecule has 0 amide bonds. The molecular weight excluding hydrogens is 250 g/mol. The Balaban J connectivity index is 1.99. The van der Waals surface area contributed by atoms with Gasteiger partial charge in [-0.3, -0.25) is 0 Å². The summed E-state index contributed by atoms with van der Waals surface area (Å²) < 4.78 is 11.2. The summed E-state index contributed by atoms with van der Waals surface area (Å²) in [5.74, 6) is 2.40. The number of hydrogen-bond acceptors (Lipinski definition) is 3. The third-order valence-corrected chi connectivity index (χ3v) is 4.12. The molecule has 1 heterocycles. The van der Waals surface area contributed by atoms with Crippen molar-refractivity contribution in [1.29, 1.82) is 0 Å². The van der Waals surface area contributed by atoms with Crippen LogP contribution < -0.4 is 15.2 Å². The van der Waals surface area contributed by atoms with E-state index in [-0.39, 0.29) is 6.04 Å². The predicted molar refractivity (Wildman–Crippen MR) is 82.3 cm³/mol. The molecule has 0 saturated carbocycles. The van der Waals surface area contributed by atoms with Crippen molar-refractivity contribution in [1.82, 2.24) is 0 Å². The van der Waals surface area contributed by atoms with Gasteiger partial charge in [0.1, 0.15) is 13.2 Å². The SMILES string of the molecule is CCCCC(CC)CC(N)c1ccc2c(c1)OCCO2. The molecule has 3 nitrogen and oxygen atoms in total. The Morgan fingerprint density at radius 1 is 1.15 bits per heavy atom. The summed E-state index contributed by atoms with van der Waals surface area (Å²) in [7, 11) is 0. The van der Waals surface area contributed by atoms with Crippen LogP contribution in [0, 0.1) is 5.92 Å². The molecule has 2 atom stereocenters. The molecule has 0 saturated heterocycles. The second-order valence-corrected chi connectivity index (χ2v) is 5.66. The Labute approximate surface area is 122 Å². The third kappa shape index (κ3) is 3.89. The van der Waals surface area contributed by atoms with E-state index in [1.54, 1.807) is 0 Å². The van der Waals surface area contributed by atoms with E-state index in [2.05, 4.69) is 19.9 Å². The first kappa shape index (κ1) is 15.2. The summed E-state index contributed by atoms with van der Waals surface area (Å²) in [6, 6.07) is 6.19. The average molecular weight is 277 g/mol. The van der Waals surface area contributed by atoms with Gasteiger partial charge in [-0.1, -0.05) is 45.6 Å². The van der Waals surface area contributed by atoms with E-state index in [4.69, 9.17) is 15.2 Å². The van der Waals surface area contributed by atoms with Gasteiger partial charge in [0.2, 0.25) is 0 Å². The first-order valence-corrected chi connectivity index (χ1v) is 7.89. The minimum Gasteiger partial charge on any atom is -0.486 e. The van der Waals surface area contributed by atoms with Crippen molar-refractivity contribution in [3.63, 3.8) is 0 Å². The molecule has 2 unspecified atom stereocenters. The predicted octanol–water partition coefficient (Wildman–Crippen LogP) is 4.06. The highest BCUT2D eigenvalue weighted by Gasteiger charge is 2.17. The van der Waals surface area contributed by atoms with Crippen LogP contribution in [0.1, 0.15) is 57.6 Å². The van der Waals surface area contributed by atoms with Crippen molar-refractivity contribution in [2.45, 2.75) is 52.0 Å². The van der Waals surface area contributed by atoms with Crippen LogP contribution in [0.5, 0.6) is 11.5 Å². The normalized spacial score (nSPS) is 16.8. The summed E-state index contributed by atoms with van der Waals surface area (Å²) in [6.45, 7) is 5.76. The zero-order valence-electron chi connectivity index (χ0n) is 12.7. The molecule has 2 N–H and O–H groups in total. The second-order valence-electron chi connectivity index (χ2n) is 5.66. The van der Waals surface area contributed by atoms with Crippen LogP contribution in [-0.4, -0.2) is 13.2 Å². The lowest BCUT2D eigenvalue weighted by molar-refractivity contribution is 0.171. The van der Waals surface area contributed by atoms with E-state index in [1.807, 2.05) is 12.1 Å². The molecule has 1 aliphatic rings. The zero-order chi connectivity index (χ0) is 14.4. The largest absolute Gasteiger partial charge is 0.486 e. The zero-order valence-corrected chi connectivity index (χ0v) is 12.7. The Morgan fingerprint density at radius 3 is 2.60 bits per heavy atom. The highest BCUT2D eigenvalue weighted by atomic mass is 16.6. The lowest BCUT2D eigenvalue weighted by Gasteiger charge is -2.23. The van der Waals surface area contributed by atoms with Gasteiger partial charge < -0.3 is 15.2 Å². The molecule has 0 spiro atoms. The summed E-state index contributed by atoms with van der Waals surface area (Å²) in [5, 5.41) is 0. The van der Waals surface area contributed by atoms with Crippen molar-refractivity contribution < 1.29 is 9.47 Å². The number of unbranched alkanes of at least 4 members (excludes halogenated alkanes) is 1. The van der Waals surface area contributed by atoms with Gasteiger partial charge in [-0.2, -0.15) is 0 Å². The topological polar surface area (TPSA) is 44.5 Å². The maximum atomic E-state index is 6.38. The van der Waals surface area contributed by atoms with E-state index in [0.717, 1.165) is 29.4 Å². The lowest BCUT2D eigenvalue weighted by atomic mass is 9.89. The van der Waals surface area contributed by atoms with Gasteiger partial charge in [0.25, 0.3) is 0 Å². The smallest absolute Gasteiger partial charge is 0.161 e. The first-order valence-electron chi connectivity index (χ1n) is 7.89. The Bertz CT molecular complexity index is 419. The highest BCUT2D eigenvalue weighted by molar-refractivity contribution is 5.44. The summed E-state index contributed by atoms with van der Waals surface area (Å²) in [6.07, 6.45) is 6.10. The molecule has 0 radical (unpaired) electrons. The lowest BCUT2D eigenvalue weighted by Crippen LogP contribution is -2.18. The number of hydrogen-bond donors (Lipinski definition) is 1. The number of benzene rings is 1. The molecule has 1 aromatic rings. The molecule has 1 aromatic carbocycles. The van der Waals surface area contributed by atoms with Gasteiger partial charge in [0, 0.05) is 6.04 Å². The standard InChI is InChI=1S/C17H27NO2/c1-3-5-6-13(4-2)11-15(18)14-7-8-16-17(12-14)20-10-9-19-16/h7-8,12-13,15H,3-6,9-11,18H2,1-2H3. The van der Waals surface area contributed by atoms with Crippen LogP contribution in [0.2, 0.25) is 0 Å². The van der Waals surface area contributed by atoms with E-state index < -0.39 is 0 Å². The summed E-state index contributed by atoms with van der Waals surface area (Å²) in [5.41, 5.74) is 7.54. The van der Waals surface area contributed by atoms with E-state index in [1.165, 1.54) is 25.7 Å². The first-order chi connectivity index (χ1) is 9.74. The van der Waals surface area contributed by atoms with Crippen molar-refractivity contribution in [2.75, 3.05) is 13.2 Å². The van der Waals surface area contributed by atoms with Crippen LogP contribution in [0.4, 0.5) is 0 Å².